The number of aryl methyl sites for hydroxylation is 1. The first-order valence-electron chi connectivity index (χ1n) is 6.82. The van der Waals surface area contributed by atoms with E-state index in [2.05, 4.69) is 0 Å². The molecule has 0 N–H and O–H groups in total. The molecule has 0 aromatic heterocycles. The van der Waals surface area contributed by atoms with Crippen molar-refractivity contribution in [2.45, 2.75) is 37.1 Å². The van der Waals surface area contributed by atoms with Gasteiger partial charge in [0.25, 0.3) is 0 Å². The van der Waals surface area contributed by atoms with Crippen molar-refractivity contribution in [3.63, 3.8) is 0 Å². The van der Waals surface area contributed by atoms with Gasteiger partial charge in [0.1, 0.15) is 0 Å². The molecule has 5 heteroatoms. The number of allylic oxidation sites excluding steroid dienone is 1. The topological polar surface area (TPSA) is 54.5 Å². The number of sulfonamides is 1. The summed E-state index contributed by atoms with van der Waals surface area (Å²) in [7, 11) is -3.59. The van der Waals surface area contributed by atoms with E-state index in [9.17, 15) is 13.2 Å². The Hall–Kier alpha value is -1.46. The number of hydrogen-bond donors (Lipinski definition) is 0. The predicted octanol–water partition coefficient (Wildman–Crippen LogP) is 2.05. The van der Waals surface area contributed by atoms with Crippen LogP contribution in [0, 0.1) is 6.92 Å². The molecule has 1 aliphatic heterocycles. The van der Waals surface area contributed by atoms with E-state index in [1.807, 2.05) is 13.0 Å². The second-order valence-corrected chi connectivity index (χ2v) is 7.28. The molecule has 1 aromatic rings. The minimum absolute atomic E-state index is 0.0211. The minimum Gasteiger partial charge on any atom is -0.293 e. The third-order valence-electron chi connectivity index (χ3n) is 4.00. The van der Waals surface area contributed by atoms with Crippen LogP contribution in [0.15, 0.2) is 40.8 Å². The maximum absolute atomic E-state index is 12.7. The largest absolute Gasteiger partial charge is 0.293 e. The second-order valence-electron chi connectivity index (χ2n) is 5.39. The number of ketones is 1. The number of hydrogen-bond acceptors (Lipinski definition) is 3. The lowest BCUT2D eigenvalue weighted by Crippen LogP contribution is -2.36. The Morgan fingerprint density at radius 2 is 1.90 bits per heavy atom. The summed E-state index contributed by atoms with van der Waals surface area (Å²) in [5, 5.41) is 0. The average molecular weight is 291 g/mol. The lowest BCUT2D eigenvalue weighted by molar-refractivity contribution is -0.114. The first-order chi connectivity index (χ1) is 9.50. The van der Waals surface area contributed by atoms with Gasteiger partial charge in [0.2, 0.25) is 10.0 Å². The Balaban J connectivity index is 2.00. The molecule has 0 bridgehead atoms. The molecule has 1 saturated heterocycles. The van der Waals surface area contributed by atoms with Gasteiger partial charge in [0.05, 0.1) is 17.5 Å². The van der Waals surface area contributed by atoms with E-state index in [0.29, 0.717) is 5.57 Å². The van der Waals surface area contributed by atoms with Crippen LogP contribution < -0.4 is 0 Å². The molecule has 1 fully saturated rings. The summed E-state index contributed by atoms with van der Waals surface area (Å²) in [5.74, 6) is -0.0506. The highest BCUT2D eigenvalue weighted by molar-refractivity contribution is 7.89. The maximum Gasteiger partial charge on any atom is 0.244 e. The van der Waals surface area contributed by atoms with Gasteiger partial charge in [-0.05, 0) is 38.3 Å². The minimum atomic E-state index is -3.59. The van der Waals surface area contributed by atoms with Crippen LogP contribution in [0.2, 0.25) is 0 Å². The van der Waals surface area contributed by atoms with E-state index in [1.165, 1.54) is 4.31 Å². The summed E-state index contributed by atoms with van der Waals surface area (Å²) in [6.07, 6.45) is 4.45. The standard InChI is InChI=1S/C15H17NO3S/c1-11-6-8-12(9-7-11)20(18,19)16-10-15(17)13-4-2-3-5-14(13)16/h4,6-9,14H,2-3,5,10H2,1H3. The van der Waals surface area contributed by atoms with Crippen LogP contribution in [0.4, 0.5) is 0 Å². The van der Waals surface area contributed by atoms with Crippen molar-refractivity contribution in [3.8, 4) is 0 Å². The molecular formula is C15H17NO3S. The van der Waals surface area contributed by atoms with E-state index in [-0.39, 0.29) is 23.3 Å². The van der Waals surface area contributed by atoms with Crippen LogP contribution in [-0.2, 0) is 14.8 Å². The van der Waals surface area contributed by atoms with Crippen LogP contribution >= 0.6 is 0 Å². The van der Waals surface area contributed by atoms with Gasteiger partial charge in [0, 0.05) is 5.57 Å². The molecule has 106 valence electrons. The molecule has 1 heterocycles. The number of rotatable bonds is 2. The van der Waals surface area contributed by atoms with Crippen LogP contribution in [-0.4, -0.2) is 31.1 Å². The first kappa shape index (κ1) is 13.5. The number of benzene rings is 1. The Bertz CT molecular complexity index is 674. The molecule has 4 nitrogen and oxygen atoms in total. The second kappa shape index (κ2) is 4.82. The Morgan fingerprint density at radius 3 is 2.60 bits per heavy atom. The van der Waals surface area contributed by atoms with Gasteiger partial charge in [-0.25, -0.2) is 8.42 Å². The van der Waals surface area contributed by atoms with Crippen molar-refractivity contribution < 1.29 is 13.2 Å². The molecule has 20 heavy (non-hydrogen) atoms. The molecule has 0 spiro atoms. The van der Waals surface area contributed by atoms with E-state index >= 15 is 0 Å². The van der Waals surface area contributed by atoms with Crippen LogP contribution in [0.25, 0.3) is 0 Å². The number of carbonyl (C=O) groups is 1. The fourth-order valence-corrected chi connectivity index (χ4v) is 4.49. The normalized spacial score (nSPS) is 23.6. The highest BCUT2D eigenvalue weighted by Gasteiger charge is 2.43. The molecule has 2 aliphatic rings. The lowest BCUT2D eigenvalue weighted by Gasteiger charge is -2.25. The Kier molecular flexibility index (Phi) is 3.26. The van der Waals surface area contributed by atoms with E-state index in [0.717, 1.165) is 24.8 Å². The Morgan fingerprint density at radius 1 is 1.20 bits per heavy atom. The molecule has 0 saturated carbocycles. The number of carbonyl (C=O) groups excluding carboxylic acids is 1. The lowest BCUT2D eigenvalue weighted by atomic mass is 9.95. The smallest absolute Gasteiger partial charge is 0.244 e. The van der Waals surface area contributed by atoms with E-state index in [1.54, 1.807) is 24.3 Å². The third kappa shape index (κ3) is 2.11. The van der Waals surface area contributed by atoms with Gasteiger partial charge in [-0.2, -0.15) is 4.31 Å². The van der Waals surface area contributed by atoms with Gasteiger partial charge in [0.15, 0.2) is 5.78 Å². The molecule has 1 unspecified atom stereocenters. The average Bonchev–Trinajstić information content (AvgIpc) is 2.78. The van der Waals surface area contributed by atoms with Crippen molar-refractivity contribution >= 4 is 15.8 Å². The zero-order chi connectivity index (χ0) is 14.3. The van der Waals surface area contributed by atoms with Crippen LogP contribution in [0.1, 0.15) is 24.8 Å². The predicted molar refractivity (Wildman–Crippen MR) is 75.8 cm³/mol. The number of fused-ring (bicyclic) bond motifs is 1. The van der Waals surface area contributed by atoms with Gasteiger partial charge in [-0.1, -0.05) is 23.8 Å². The summed E-state index contributed by atoms with van der Waals surface area (Å²) in [6, 6.07) is 6.52. The summed E-state index contributed by atoms with van der Waals surface area (Å²) in [6.45, 7) is 1.89. The fraction of sp³-hybridized carbons (Fsp3) is 0.400. The van der Waals surface area contributed by atoms with Crippen molar-refractivity contribution in [1.29, 1.82) is 0 Å². The van der Waals surface area contributed by atoms with Gasteiger partial charge in [-0.15, -0.1) is 0 Å². The van der Waals surface area contributed by atoms with E-state index < -0.39 is 10.0 Å². The SMILES string of the molecule is Cc1ccc(S(=O)(=O)N2CC(=O)C3=CCCCC32)cc1. The summed E-state index contributed by atoms with van der Waals surface area (Å²) in [4.78, 5) is 12.2. The molecule has 3 rings (SSSR count). The quantitative estimate of drug-likeness (QED) is 0.838. The molecule has 1 atom stereocenters. The highest BCUT2D eigenvalue weighted by atomic mass is 32.2. The maximum atomic E-state index is 12.7. The highest BCUT2D eigenvalue weighted by Crippen LogP contribution is 2.33. The number of Topliss-reactive ketones (excluding diaryl/α,β-unsaturated/α-hetero) is 1. The van der Waals surface area contributed by atoms with Crippen LogP contribution in [0.5, 0.6) is 0 Å². The molecule has 1 aromatic carbocycles. The third-order valence-corrected chi connectivity index (χ3v) is 5.87. The Labute approximate surface area is 119 Å². The van der Waals surface area contributed by atoms with E-state index in [4.69, 9.17) is 0 Å². The van der Waals surface area contributed by atoms with Crippen molar-refractivity contribution in [2.24, 2.45) is 0 Å². The number of nitrogens with zero attached hydrogens (tertiary/aromatic N) is 1. The molecule has 1 aliphatic carbocycles. The molecule has 0 amide bonds. The molecule has 0 radical (unpaired) electrons. The van der Waals surface area contributed by atoms with Crippen molar-refractivity contribution in [1.82, 2.24) is 4.31 Å². The molecular weight excluding hydrogens is 274 g/mol. The summed E-state index contributed by atoms with van der Waals surface area (Å²) in [5.41, 5.74) is 1.70. The van der Waals surface area contributed by atoms with Gasteiger partial charge >= 0.3 is 0 Å². The summed E-state index contributed by atoms with van der Waals surface area (Å²) < 4.78 is 26.8. The zero-order valence-corrected chi connectivity index (χ0v) is 12.2. The van der Waals surface area contributed by atoms with Gasteiger partial charge in [-0.3, -0.25) is 4.79 Å². The first-order valence-corrected chi connectivity index (χ1v) is 8.26. The van der Waals surface area contributed by atoms with Gasteiger partial charge < -0.3 is 0 Å². The van der Waals surface area contributed by atoms with Crippen molar-refractivity contribution in [3.05, 3.63) is 41.5 Å². The summed E-state index contributed by atoms with van der Waals surface area (Å²) >= 11 is 0. The zero-order valence-electron chi connectivity index (χ0n) is 11.4. The monoisotopic (exact) mass is 291 g/mol. The fourth-order valence-electron chi connectivity index (χ4n) is 2.90. The van der Waals surface area contributed by atoms with Crippen molar-refractivity contribution in [2.75, 3.05) is 6.54 Å². The van der Waals surface area contributed by atoms with Crippen LogP contribution in [0.3, 0.4) is 0 Å².